The van der Waals surface area contributed by atoms with E-state index in [2.05, 4.69) is 50.4 Å². The summed E-state index contributed by atoms with van der Waals surface area (Å²) in [5.74, 6) is -0.138. The summed E-state index contributed by atoms with van der Waals surface area (Å²) in [6.45, 7) is 7.99. The maximum Gasteiger partial charge on any atom is 0.274 e. The molecule has 0 saturated carbocycles. The Morgan fingerprint density at radius 1 is 1.28 bits per heavy atom. The Balaban J connectivity index is 1.80. The van der Waals surface area contributed by atoms with E-state index in [1.807, 2.05) is 11.0 Å². The zero-order chi connectivity index (χ0) is 18.0. The molecule has 2 aliphatic rings. The number of thiocarbonyl (C=S) groups is 1. The van der Waals surface area contributed by atoms with E-state index in [1.165, 1.54) is 12.0 Å². The molecule has 1 atom stereocenters. The largest absolute Gasteiger partial charge is 0.376 e. The molecule has 0 bridgehead atoms. The maximum atomic E-state index is 12.3. The predicted molar refractivity (Wildman–Crippen MR) is 104 cm³/mol. The molecule has 0 spiro atoms. The highest BCUT2D eigenvalue weighted by molar-refractivity contribution is 7.80. The molecule has 1 amide bonds. The van der Waals surface area contributed by atoms with Gasteiger partial charge in [-0.1, -0.05) is 45.0 Å². The van der Waals surface area contributed by atoms with Crippen molar-refractivity contribution >= 4 is 29.3 Å². The van der Waals surface area contributed by atoms with Crippen LogP contribution < -0.4 is 5.32 Å². The van der Waals surface area contributed by atoms with Crippen LogP contribution in [-0.2, 0) is 14.9 Å². The van der Waals surface area contributed by atoms with Gasteiger partial charge in [0.1, 0.15) is 5.70 Å². The monoisotopic (exact) mass is 358 g/mol. The van der Waals surface area contributed by atoms with E-state index in [0.29, 0.717) is 17.4 Å². The number of amides is 1. The molecule has 2 fully saturated rings. The van der Waals surface area contributed by atoms with Crippen LogP contribution in [0, 0.1) is 0 Å². The summed E-state index contributed by atoms with van der Waals surface area (Å²) in [4.78, 5) is 14.2. The smallest absolute Gasteiger partial charge is 0.274 e. The number of nitrogens with zero attached hydrogens (tertiary/aromatic N) is 1. The third-order valence-corrected chi connectivity index (χ3v) is 5.05. The molecule has 5 heteroatoms. The Kier molecular flexibility index (Phi) is 5.25. The van der Waals surface area contributed by atoms with E-state index in [0.717, 1.165) is 25.0 Å². The molecule has 0 radical (unpaired) electrons. The molecule has 2 aliphatic heterocycles. The second kappa shape index (κ2) is 7.26. The number of hydrogen-bond donors (Lipinski definition) is 1. The van der Waals surface area contributed by atoms with Crippen LogP contribution in [0.15, 0.2) is 30.0 Å². The lowest BCUT2D eigenvalue weighted by molar-refractivity contribution is -0.116. The number of carbonyl (C=O) groups excluding carboxylic acids is 1. The molecule has 1 N–H and O–H groups in total. The fourth-order valence-electron chi connectivity index (χ4n) is 3.18. The molecule has 2 saturated heterocycles. The summed E-state index contributed by atoms with van der Waals surface area (Å²) >= 11 is 5.35. The van der Waals surface area contributed by atoms with Crippen molar-refractivity contribution in [1.29, 1.82) is 0 Å². The summed E-state index contributed by atoms with van der Waals surface area (Å²) in [5, 5.41) is 3.23. The third kappa shape index (κ3) is 4.28. The first-order chi connectivity index (χ1) is 11.8. The van der Waals surface area contributed by atoms with Gasteiger partial charge in [-0.25, -0.2) is 0 Å². The van der Waals surface area contributed by atoms with Gasteiger partial charge in [0.25, 0.3) is 5.91 Å². The average Bonchev–Trinajstić information content (AvgIpc) is 2.82. The average molecular weight is 359 g/mol. The molecule has 0 aliphatic carbocycles. The number of hydrogen-bond acceptors (Lipinski definition) is 3. The van der Waals surface area contributed by atoms with E-state index < -0.39 is 0 Å². The Morgan fingerprint density at radius 3 is 2.60 bits per heavy atom. The van der Waals surface area contributed by atoms with Crippen molar-refractivity contribution in [1.82, 2.24) is 10.2 Å². The van der Waals surface area contributed by atoms with Gasteiger partial charge >= 0.3 is 0 Å². The first-order valence-corrected chi connectivity index (χ1v) is 9.32. The van der Waals surface area contributed by atoms with Crippen molar-refractivity contribution in [2.45, 2.75) is 51.6 Å². The van der Waals surface area contributed by atoms with Gasteiger partial charge in [-0.2, -0.15) is 0 Å². The summed E-state index contributed by atoms with van der Waals surface area (Å²) in [6, 6.07) is 8.34. The minimum Gasteiger partial charge on any atom is -0.376 e. The molecule has 4 nitrogen and oxygen atoms in total. The maximum absolute atomic E-state index is 12.3. The third-order valence-electron chi connectivity index (χ3n) is 4.73. The van der Waals surface area contributed by atoms with Crippen LogP contribution in [0.1, 0.15) is 51.2 Å². The Bertz CT molecular complexity index is 683. The summed E-state index contributed by atoms with van der Waals surface area (Å²) in [7, 11) is 0. The molecular formula is C20H26N2O2S. The zero-order valence-corrected chi connectivity index (χ0v) is 16.0. The first-order valence-electron chi connectivity index (χ1n) is 8.91. The van der Waals surface area contributed by atoms with Crippen molar-refractivity contribution in [3.63, 3.8) is 0 Å². The Morgan fingerprint density at radius 2 is 2.00 bits per heavy atom. The van der Waals surface area contributed by atoms with Crippen molar-refractivity contribution in [2.75, 3.05) is 13.2 Å². The standard InChI is InChI=1S/C20H26N2O2S/c1-20(2,3)15-9-7-14(8-10-15)12-17-18(23)21-19(25)22(17)13-16-6-4-5-11-24-16/h7-10,12,16H,4-6,11,13H2,1-3H3,(H,21,23,25)/b17-12+. The van der Waals surface area contributed by atoms with Crippen LogP contribution in [-0.4, -0.2) is 35.2 Å². The molecule has 25 heavy (non-hydrogen) atoms. The fourth-order valence-corrected chi connectivity index (χ4v) is 3.44. The van der Waals surface area contributed by atoms with E-state index in [4.69, 9.17) is 17.0 Å². The van der Waals surface area contributed by atoms with Gasteiger partial charge < -0.3 is 9.64 Å². The number of ether oxygens (including phenoxy) is 1. The summed E-state index contributed by atoms with van der Waals surface area (Å²) < 4.78 is 5.81. The lowest BCUT2D eigenvalue weighted by Gasteiger charge is -2.27. The summed E-state index contributed by atoms with van der Waals surface area (Å²) in [6.07, 6.45) is 5.33. The van der Waals surface area contributed by atoms with Crippen LogP contribution in [0.4, 0.5) is 0 Å². The minimum atomic E-state index is -0.138. The fraction of sp³-hybridized carbons (Fsp3) is 0.500. The van der Waals surface area contributed by atoms with Gasteiger partial charge in [-0.05, 0) is 54.1 Å². The van der Waals surface area contributed by atoms with Crippen LogP contribution >= 0.6 is 12.2 Å². The topological polar surface area (TPSA) is 41.6 Å². The first kappa shape index (κ1) is 18.1. The van der Waals surface area contributed by atoms with E-state index in [9.17, 15) is 4.79 Å². The minimum absolute atomic E-state index is 0.113. The molecule has 2 heterocycles. The van der Waals surface area contributed by atoms with E-state index >= 15 is 0 Å². The van der Waals surface area contributed by atoms with Gasteiger partial charge in [-0.15, -0.1) is 0 Å². The molecule has 1 aromatic rings. The van der Waals surface area contributed by atoms with Crippen molar-refractivity contribution in [3.05, 3.63) is 41.1 Å². The van der Waals surface area contributed by atoms with Gasteiger partial charge in [0.05, 0.1) is 12.6 Å². The lowest BCUT2D eigenvalue weighted by atomic mass is 9.86. The van der Waals surface area contributed by atoms with Crippen molar-refractivity contribution < 1.29 is 9.53 Å². The molecule has 134 valence electrons. The zero-order valence-electron chi connectivity index (χ0n) is 15.2. The molecule has 1 unspecified atom stereocenters. The van der Waals surface area contributed by atoms with E-state index in [1.54, 1.807) is 0 Å². The van der Waals surface area contributed by atoms with Crippen molar-refractivity contribution in [2.24, 2.45) is 0 Å². The number of benzene rings is 1. The number of carbonyl (C=O) groups is 1. The Hall–Kier alpha value is -1.72. The van der Waals surface area contributed by atoms with Crippen LogP contribution in [0.5, 0.6) is 0 Å². The summed E-state index contributed by atoms with van der Waals surface area (Å²) in [5.41, 5.74) is 2.98. The SMILES string of the molecule is CC(C)(C)c1ccc(/C=C2\C(=O)NC(=S)N2CC2CCCCO2)cc1. The molecule has 3 rings (SSSR count). The van der Waals surface area contributed by atoms with Crippen LogP contribution in [0.3, 0.4) is 0 Å². The van der Waals surface area contributed by atoms with Gasteiger partial charge in [0.2, 0.25) is 0 Å². The van der Waals surface area contributed by atoms with E-state index in [-0.39, 0.29) is 17.4 Å². The predicted octanol–water partition coefficient (Wildman–Crippen LogP) is 3.61. The molecule has 0 aromatic heterocycles. The van der Waals surface area contributed by atoms with Gasteiger partial charge in [-0.3, -0.25) is 10.1 Å². The lowest BCUT2D eigenvalue weighted by Crippen LogP contribution is -2.37. The van der Waals surface area contributed by atoms with Crippen molar-refractivity contribution in [3.8, 4) is 0 Å². The Labute approximate surface area is 155 Å². The van der Waals surface area contributed by atoms with Crippen LogP contribution in [0.2, 0.25) is 0 Å². The second-order valence-electron chi connectivity index (χ2n) is 7.76. The van der Waals surface area contributed by atoms with Crippen LogP contribution in [0.25, 0.3) is 6.08 Å². The quantitative estimate of drug-likeness (QED) is 0.662. The second-order valence-corrected chi connectivity index (χ2v) is 8.15. The highest BCUT2D eigenvalue weighted by atomic mass is 32.1. The normalized spacial score (nSPS) is 23.2. The van der Waals surface area contributed by atoms with Gasteiger partial charge in [0.15, 0.2) is 5.11 Å². The molecular weight excluding hydrogens is 332 g/mol. The highest BCUT2D eigenvalue weighted by Gasteiger charge is 2.32. The molecule has 1 aromatic carbocycles. The van der Waals surface area contributed by atoms with Gasteiger partial charge in [0, 0.05) is 6.61 Å². The number of rotatable bonds is 3. The highest BCUT2D eigenvalue weighted by Crippen LogP contribution is 2.25. The number of nitrogens with one attached hydrogen (secondary N) is 1.